The topological polar surface area (TPSA) is 53.4 Å². The molecule has 4 heteroatoms. The fourth-order valence-electron chi connectivity index (χ4n) is 1.43. The van der Waals surface area contributed by atoms with E-state index in [0.29, 0.717) is 5.92 Å². The Morgan fingerprint density at radius 2 is 2.25 bits per heavy atom. The maximum absolute atomic E-state index is 10.7. The molecule has 0 fully saturated rings. The first kappa shape index (κ1) is 12.5. The standard InChI is InChI=1S/C12H18N2O2/c1-4-9(2)8-14(3)11-6-5-10(7-13-11)12(15)16/h5-7,9H,4,8H2,1-3H3,(H,15,16). The summed E-state index contributed by atoms with van der Waals surface area (Å²) < 4.78 is 0. The highest BCUT2D eigenvalue weighted by molar-refractivity contribution is 5.87. The van der Waals surface area contributed by atoms with E-state index in [9.17, 15) is 4.79 Å². The van der Waals surface area contributed by atoms with Gasteiger partial charge in [0.25, 0.3) is 0 Å². The summed E-state index contributed by atoms with van der Waals surface area (Å²) >= 11 is 0. The molecule has 0 aromatic carbocycles. The van der Waals surface area contributed by atoms with Crippen LogP contribution >= 0.6 is 0 Å². The summed E-state index contributed by atoms with van der Waals surface area (Å²) in [6, 6.07) is 3.32. The predicted octanol–water partition coefficient (Wildman–Crippen LogP) is 2.26. The van der Waals surface area contributed by atoms with Crippen LogP contribution in [0.15, 0.2) is 18.3 Å². The van der Waals surface area contributed by atoms with Crippen LogP contribution < -0.4 is 4.90 Å². The second-order valence-corrected chi connectivity index (χ2v) is 4.10. The molecule has 0 spiro atoms. The first-order chi connectivity index (χ1) is 7.54. The quantitative estimate of drug-likeness (QED) is 0.830. The van der Waals surface area contributed by atoms with E-state index < -0.39 is 5.97 Å². The van der Waals surface area contributed by atoms with Gasteiger partial charge in [-0.05, 0) is 18.1 Å². The molecule has 88 valence electrons. The molecule has 1 aromatic rings. The molecular weight excluding hydrogens is 204 g/mol. The number of carbonyl (C=O) groups is 1. The Balaban J connectivity index is 2.70. The highest BCUT2D eigenvalue weighted by atomic mass is 16.4. The smallest absolute Gasteiger partial charge is 0.337 e. The minimum atomic E-state index is -0.941. The molecule has 0 bridgehead atoms. The average molecular weight is 222 g/mol. The van der Waals surface area contributed by atoms with E-state index in [0.717, 1.165) is 18.8 Å². The van der Waals surface area contributed by atoms with Gasteiger partial charge in [-0.2, -0.15) is 0 Å². The molecule has 0 saturated carbocycles. The number of carboxylic acids is 1. The first-order valence-electron chi connectivity index (χ1n) is 5.45. The van der Waals surface area contributed by atoms with Crippen LogP contribution in [-0.2, 0) is 0 Å². The minimum absolute atomic E-state index is 0.223. The van der Waals surface area contributed by atoms with Crippen molar-refractivity contribution in [3.8, 4) is 0 Å². The molecule has 1 aromatic heterocycles. The molecule has 1 atom stereocenters. The zero-order chi connectivity index (χ0) is 12.1. The molecule has 0 aliphatic carbocycles. The second kappa shape index (κ2) is 5.49. The lowest BCUT2D eigenvalue weighted by Gasteiger charge is -2.21. The number of pyridine rings is 1. The highest BCUT2D eigenvalue weighted by Crippen LogP contribution is 2.12. The molecule has 16 heavy (non-hydrogen) atoms. The van der Waals surface area contributed by atoms with Crippen molar-refractivity contribution in [2.45, 2.75) is 20.3 Å². The van der Waals surface area contributed by atoms with Crippen LogP contribution in [0.25, 0.3) is 0 Å². The Kier molecular flexibility index (Phi) is 4.28. The van der Waals surface area contributed by atoms with Gasteiger partial charge in [-0.1, -0.05) is 20.3 Å². The molecule has 0 amide bonds. The third-order valence-corrected chi connectivity index (χ3v) is 2.67. The molecular formula is C12H18N2O2. The average Bonchev–Trinajstić information content (AvgIpc) is 2.28. The Labute approximate surface area is 95.9 Å². The van der Waals surface area contributed by atoms with Crippen molar-refractivity contribution in [2.75, 3.05) is 18.5 Å². The number of anilines is 1. The van der Waals surface area contributed by atoms with Gasteiger partial charge < -0.3 is 10.0 Å². The van der Waals surface area contributed by atoms with Crippen LogP contribution in [0.2, 0.25) is 0 Å². The van der Waals surface area contributed by atoms with Gasteiger partial charge in [0.15, 0.2) is 0 Å². The van der Waals surface area contributed by atoms with E-state index >= 15 is 0 Å². The normalized spacial score (nSPS) is 12.2. The molecule has 0 aliphatic heterocycles. The SMILES string of the molecule is CCC(C)CN(C)c1ccc(C(=O)O)cn1. The largest absolute Gasteiger partial charge is 0.478 e. The second-order valence-electron chi connectivity index (χ2n) is 4.10. The number of aromatic carboxylic acids is 1. The lowest BCUT2D eigenvalue weighted by molar-refractivity contribution is 0.0696. The summed E-state index contributed by atoms with van der Waals surface area (Å²) in [4.78, 5) is 16.8. The van der Waals surface area contributed by atoms with Crippen LogP contribution in [-0.4, -0.2) is 29.7 Å². The zero-order valence-corrected chi connectivity index (χ0v) is 9.97. The maximum Gasteiger partial charge on any atom is 0.337 e. The lowest BCUT2D eigenvalue weighted by atomic mass is 10.1. The number of rotatable bonds is 5. The van der Waals surface area contributed by atoms with Crippen LogP contribution in [0.4, 0.5) is 5.82 Å². The van der Waals surface area contributed by atoms with E-state index in [4.69, 9.17) is 5.11 Å². The van der Waals surface area contributed by atoms with Crippen molar-refractivity contribution in [3.63, 3.8) is 0 Å². The van der Waals surface area contributed by atoms with Crippen molar-refractivity contribution < 1.29 is 9.90 Å². The molecule has 4 nitrogen and oxygen atoms in total. The predicted molar refractivity (Wildman–Crippen MR) is 63.9 cm³/mol. The fraction of sp³-hybridized carbons (Fsp3) is 0.500. The molecule has 0 radical (unpaired) electrons. The van der Waals surface area contributed by atoms with Crippen LogP contribution in [0, 0.1) is 5.92 Å². The van der Waals surface area contributed by atoms with Crippen molar-refractivity contribution in [1.82, 2.24) is 4.98 Å². The van der Waals surface area contributed by atoms with Gasteiger partial charge in [-0.15, -0.1) is 0 Å². The summed E-state index contributed by atoms with van der Waals surface area (Å²) in [6.07, 6.45) is 2.52. The summed E-state index contributed by atoms with van der Waals surface area (Å²) in [6.45, 7) is 5.26. The van der Waals surface area contributed by atoms with Gasteiger partial charge in [0.1, 0.15) is 5.82 Å². The van der Waals surface area contributed by atoms with Crippen molar-refractivity contribution in [1.29, 1.82) is 0 Å². The molecule has 1 unspecified atom stereocenters. The number of hydrogen-bond donors (Lipinski definition) is 1. The van der Waals surface area contributed by atoms with E-state index in [1.807, 2.05) is 11.9 Å². The Morgan fingerprint density at radius 3 is 2.69 bits per heavy atom. The lowest BCUT2D eigenvalue weighted by Crippen LogP contribution is -2.24. The van der Waals surface area contributed by atoms with Gasteiger partial charge in [0.2, 0.25) is 0 Å². The number of hydrogen-bond acceptors (Lipinski definition) is 3. The summed E-state index contributed by atoms with van der Waals surface area (Å²) in [5.74, 6) is 0.472. The van der Waals surface area contributed by atoms with E-state index in [1.165, 1.54) is 6.20 Å². The molecule has 0 saturated heterocycles. The van der Waals surface area contributed by atoms with Gasteiger partial charge in [-0.3, -0.25) is 0 Å². The third kappa shape index (κ3) is 3.22. The highest BCUT2D eigenvalue weighted by Gasteiger charge is 2.08. The number of nitrogens with zero attached hydrogens (tertiary/aromatic N) is 2. The zero-order valence-electron chi connectivity index (χ0n) is 9.97. The number of carboxylic acid groups (broad SMARTS) is 1. The molecule has 0 aliphatic rings. The van der Waals surface area contributed by atoms with E-state index in [2.05, 4.69) is 18.8 Å². The number of aromatic nitrogens is 1. The third-order valence-electron chi connectivity index (χ3n) is 2.67. The summed E-state index contributed by atoms with van der Waals surface area (Å²) in [5.41, 5.74) is 0.223. The van der Waals surface area contributed by atoms with Crippen molar-refractivity contribution >= 4 is 11.8 Å². The van der Waals surface area contributed by atoms with Crippen molar-refractivity contribution in [3.05, 3.63) is 23.9 Å². The molecule has 1 rings (SSSR count). The summed E-state index contributed by atoms with van der Waals surface area (Å²) in [5, 5.41) is 8.74. The van der Waals surface area contributed by atoms with Gasteiger partial charge >= 0.3 is 5.97 Å². The Hall–Kier alpha value is -1.58. The van der Waals surface area contributed by atoms with Gasteiger partial charge in [0, 0.05) is 19.8 Å². The monoisotopic (exact) mass is 222 g/mol. The van der Waals surface area contributed by atoms with Gasteiger partial charge in [0.05, 0.1) is 5.56 Å². The minimum Gasteiger partial charge on any atom is -0.478 e. The Morgan fingerprint density at radius 1 is 1.56 bits per heavy atom. The Bertz CT molecular complexity index is 349. The van der Waals surface area contributed by atoms with Crippen LogP contribution in [0.5, 0.6) is 0 Å². The van der Waals surface area contributed by atoms with E-state index in [-0.39, 0.29) is 5.56 Å². The van der Waals surface area contributed by atoms with E-state index in [1.54, 1.807) is 12.1 Å². The molecule has 1 N–H and O–H groups in total. The maximum atomic E-state index is 10.7. The first-order valence-corrected chi connectivity index (χ1v) is 5.45. The van der Waals surface area contributed by atoms with Crippen molar-refractivity contribution in [2.24, 2.45) is 5.92 Å². The summed E-state index contributed by atoms with van der Waals surface area (Å²) in [7, 11) is 1.97. The van der Waals surface area contributed by atoms with Gasteiger partial charge in [-0.25, -0.2) is 9.78 Å². The molecule has 1 heterocycles. The van der Waals surface area contributed by atoms with Crippen LogP contribution in [0.3, 0.4) is 0 Å². The fourth-order valence-corrected chi connectivity index (χ4v) is 1.43. The van der Waals surface area contributed by atoms with Crippen LogP contribution in [0.1, 0.15) is 30.6 Å².